The Bertz CT molecular complexity index is 617. The first-order valence-corrected chi connectivity index (χ1v) is 8.03. The van der Waals surface area contributed by atoms with Crippen molar-refractivity contribution in [1.29, 1.82) is 0 Å². The van der Waals surface area contributed by atoms with Crippen molar-refractivity contribution in [2.24, 2.45) is 0 Å². The van der Waals surface area contributed by atoms with E-state index in [0.29, 0.717) is 30.9 Å². The van der Waals surface area contributed by atoms with Crippen LogP contribution in [0.5, 0.6) is 5.75 Å². The Kier molecular flexibility index (Phi) is 4.52. The number of rotatable bonds is 4. The van der Waals surface area contributed by atoms with Gasteiger partial charge in [-0.25, -0.2) is 0 Å². The summed E-state index contributed by atoms with van der Waals surface area (Å²) in [5.74, 6) is 0.669. The molecule has 0 aliphatic carbocycles. The summed E-state index contributed by atoms with van der Waals surface area (Å²) >= 11 is 0. The van der Waals surface area contributed by atoms with Crippen molar-refractivity contribution in [3.63, 3.8) is 0 Å². The van der Waals surface area contributed by atoms with Gasteiger partial charge in [-0.05, 0) is 37.5 Å². The molecular weight excluding hydrogens is 294 g/mol. The van der Waals surface area contributed by atoms with Crippen molar-refractivity contribution >= 4 is 17.5 Å². The van der Waals surface area contributed by atoms with E-state index in [1.807, 2.05) is 25.1 Å². The van der Waals surface area contributed by atoms with Crippen LogP contribution in [0.1, 0.15) is 24.8 Å². The van der Waals surface area contributed by atoms with Crippen LogP contribution in [0.2, 0.25) is 0 Å². The van der Waals surface area contributed by atoms with Crippen LogP contribution < -0.4 is 15.4 Å². The maximum Gasteiger partial charge on any atom is 0.238 e. The lowest BCUT2D eigenvalue weighted by atomic mass is 10.1. The molecule has 0 radical (unpaired) electrons. The minimum absolute atomic E-state index is 0.0693. The molecule has 6 heteroatoms. The number of nitrogens with one attached hydrogen (secondary N) is 2. The van der Waals surface area contributed by atoms with Crippen LogP contribution in [-0.4, -0.2) is 49.0 Å². The number of anilines is 1. The highest BCUT2D eigenvalue weighted by molar-refractivity contribution is 5.94. The molecule has 1 aromatic carbocycles. The van der Waals surface area contributed by atoms with Crippen LogP contribution in [0.25, 0.3) is 0 Å². The van der Waals surface area contributed by atoms with Crippen molar-refractivity contribution in [2.45, 2.75) is 38.3 Å². The van der Waals surface area contributed by atoms with Crippen molar-refractivity contribution in [2.75, 3.05) is 25.5 Å². The van der Waals surface area contributed by atoms with Gasteiger partial charge in [0.1, 0.15) is 5.75 Å². The highest BCUT2D eigenvalue weighted by atomic mass is 16.5. The second kappa shape index (κ2) is 6.58. The molecule has 2 atom stereocenters. The first kappa shape index (κ1) is 15.8. The number of nitrogens with zero attached hydrogens (tertiary/aromatic N) is 1. The smallest absolute Gasteiger partial charge is 0.238 e. The molecule has 2 saturated heterocycles. The number of carbonyl (C=O) groups excluding carboxylic acids is 2. The molecule has 3 rings (SSSR count). The number of benzene rings is 1. The van der Waals surface area contributed by atoms with E-state index in [9.17, 15) is 9.59 Å². The molecule has 2 N–H and O–H groups in total. The minimum Gasteiger partial charge on any atom is -0.495 e. The second-order valence-electron chi connectivity index (χ2n) is 6.32. The average Bonchev–Trinajstić information content (AvgIpc) is 2.78. The fourth-order valence-corrected chi connectivity index (χ4v) is 3.50. The van der Waals surface area contributed by atoms with E-state index in [1.54, 1.807) is 7.11 Å². The summed E-state index contributed by atoms with van der Waals surface area (Å²) in [5, 5.41) is 5.86. The monoisotopic (exact) mass is 317 g/mol. The lowest BCUT2D eigenvalue weighted by Crippen LogP contribution is -2.42. The number of methoxy groups -OCH3 is 1. The molecule has 2 aliphatic rings. The molecule has 2 fully saturated rings. The fourth-order valence-electron chi connectivity index (χ4n) is 3.50. The second-order valence-corrected chi connectivity index (χ2v) is 6.32. The van der Waals surface area contributed by atoms with Crippen LogP contribution >= 0.6 is 0 Å². The van der Waals surface area contributed by atoms with Gasteiger partial charge in [-0.1, -0.05) is 6.07 Å². The molecule has 0 unspecified atom stereocenters. The van der Waals surface area contributed by atoms with E-state index in [2.05, 4.69) is 15.5 Å². The minimum atomic E-state index is -0.0693. The highest BCUT2D eigenvalue weighted by Gasteiger charge is 2.38. The summed E-state index contributed by atoms with van der Waals surface area (Å²) in [7, 11) is 1.59. The first-order valence-electron chi connectivity index (χ1n) is 8.03. The fraction of sp³-hybridized carbons (Fsp3) is 0.529. The van der Waals surface area contributed by atoms with Gasteiger partial charge in [0, 0.05) is 25.0 Å². The molecule has 0 aromatic heterocycles. The van der Waals surface area contributed by atoms with Crippen molar-refractivity contribution in [3.05, 3.63) is 23.8 Å². The highest BCUT2D eigenvalue weighted by Crippen LogP contribution is 2.29. The molecule has 2 bridgehead atoms. The van der Waals surface area contributed by atoms with Gasteiger partial charge in [-0.3, -0.25) is 14.5 Å². The van der Waals surface area contributed by atoms with Gasteiger partial charge in [-0.2, -0.15) is 0 Å². The van der Waals surface area contributed by atoms with Gasteiger partial charge in [-0.15, -0.1) is 0 Å². The third-order valence-corrected chi connectivity index (χ3v) is 4.68. The van der Waals surface area contributed by atoms with E-state index in [1.165, 1.54) is 0 Å². The quantitative estimate of drug-likeness (QED) is 0.878. The van der Waals surface area contributed by atoms with Crippen LogP contribution in [-0.2, 0) is 9.59 Å². The standard InChI is InChI=1S/C17H23N3O3/c1-11-3-6-15(23-2)14(7-11)19-17(22)10-20-12-4-5-13(20)9-18-16(21)8-12/h3,6-7,12-13H,4-5,8-10H2,1-2H3,(H,18,21)(H,19,22)/t12-,13-/m1/s1. The summed E-state index contributed by atoms with van der Waals surface area (Å²) in [4.78, 5) is 26.3. The first-order chi connectivity index (χ1) is 11.1. The van der Waals surface area contributed by atoms with Gasteiger partial charge in [0.25, 0.3) is 0 Å². The van der Waals surface area contributed by atoms with E-state index < -0.39 is 0 Å². The van der Waals surface area contributed by atoms with Crippen LogP contribution in [0.15, 0.2) is 18.2 Å². The third kappa shape index (κ3) is 3.47. The summed E-state index contributed by atoms with van der Waals surface area (Å²) in [6, 6.07) is 6.13. The molecule has 23 heavy (non-hydrogen) atoms. The zero-order chi connectivity index (χ0) is 16.4. The summed E-state index contributed by atoms with van der Waals surface area (Å²) < 4.78 is 5.30. The predicted molar refractivity (Wildman–Crippen MR) is 87.5 cm³/mol. The van der Waals surface area contributed by atoms with Gasteiger partial charge in [0.05, 0.1) is 19.3 Å². The number of hydrogen-bond donors (Lipinski definition) is 2. The molecular formula is C17H23N3O3. The molecule has 2 heterocycles. The van der Waals surface area contributed by atoms with Crippen molar-refractivity contribution in [1.82, 2.24) is 10.2 Å². The normalized spacial score (nSPS) is 24.0. The third-order valence-electron chi connectivity index (χ3n) is 4.68. The van der Waals surface area contributed by atoms with E-state index in [4.69, 9.17) is 4.74 Å². The number of fused-ring (bicyclic) bond motifs is 2. The van der Waals surface area contributed by atoms with Gasteiger partial charge in [0.2, 0.25) is 11.8 Å². The van der Waals surface area contributed by atoms with E-state index in [0.717, 1.165) is 18.4 Å². The van der Waals surface area contributed by atoms with Crippen LogP contribution in [0, 0.1) is 6.92 Å². The lowest BCUT2D eigenvalue weighted by molar-refractivity contribution is -0.122. The molecule has 124 valence electrons. The predicted octanol–water partition coefficient (Wildman–Crippen LogP) is 1.30. The Morgan fingerprint density at radius 3 is 2.96 bits per heavy atom. The Labute approximate surface area is 136 Å². The molecule has 2 amide bonds. The number of carbonyl (C=O) groups is 2. The van der Waals surface area contributed by atoms with Gasteiger partial charge in [0.15, 0.2) is 0 Å². The Balaban J connectivity index is 1.68. The maximum absolute atomic E-state index is 12.5. The summed E-state index contributed by atoms with van der Waals surface area (Å²) in [5.41, 5.74) is 1.75. The summed E-state index contributed by atoms with van der Waals surface area (Å²) in [6.07, 6.45) is 2.50. The van der Waals surface area contributed by atoms with Gasteiger partial charge >= 0.3 is 0 Å². The Morgan fingerprint density at radius 2 is 2.17 bits per heavy atom. The van der Waals surface area contributed by atoms with E-state index in [-0.39, 0.29) is 23.9 Å². The Morgan fingerprint density at radius 1 is 1.39 bits per heavy atom. The number of amides is 2. The molecule has 6 nitrogen and oxygen atoms in total. The topological polar surface area (TPSA) is 70.7 Å². The number of hydrogen-bond acceptors (Lipinski definition) is 4. The average molecular weight is 317 g/mol. The summed E-state index contributed by atoms with van der Waals surface area (Å²) in [6.45, 7) is 2.92. The molecule has 1 aromatic rings. The van der Waals surface area contributed by atoms with Gasteiger partial charge < -0.3 is 15.4 Å². The molecule has 2 aliphatic heterocycles. The zero-order valence-corrected chi connectivity index (χ0v) is 13.6. The van der Waals surface area contributed by atoms with Crippen molar-refractivity contribution < 1.29 is 14.3 Å². The van der Waals surface area contributed by atoms with Crippen LogP contribution in [0.4, 0.5) is 5.69 Å². The van der Waals surface area contributed by atoms with Crippen LogP contribution in [0.3, 0.4) is 0 Å². The van der Waals surface area contributed by atoms with E-state index >= 15 is 0 Å². The Hall–Kier alpha value is -2.08. The number of aryl methyl sites for hydroxylation is 1. The molecule has 0 saturated carbocycles. The lowest BCUT2D eigenvalue weighted by Gasteiger charge is -2.26. The zero-order valence-electron chi connectivity index (χ0n) is 13.6. The SMILES string of the molecule is COc1ccc(C)cc1NC(=O)CN1[C@@H]2CC[C@@H]1CC(=O)NC2. The number of ether oxygens (including phenoxy) is 1. The maximum atomic E-state index is 12.5. The largest absolute Gasteiger partial charge is 0.495 e. The molecule has 0 spiro atoms. The van der Waals surface area contributed by atoms with Crippen molar-refractivity contribution in [3.8, 4) is 5.75 Å².